The Hall–Kier alpha value is -2.58. The quantitative estimate of drug-likeness (QED) is 0.629. The van der Waals surface area contributed by atoms with Crippen LogP contribution in [0.5, 0.6) is 0 Å². The molecule has 0 heterocycles. The van der Waals surface area contributed by atoms with Crippen molar-refractivity contribution in [1.29, 1.82) is 0 Å². The van der Waals surface area contributed by atoms with Crippen LogP contribution in [0.2, 0.25) is 5.02 Å². The molecule has 0 radical (unpaired) electrons. The van der Waals surface area contributed by atoms with E-state index in [2.05, 4.69) is 5.32 Å². The van der Waals surface area contributed by atoms with E-state index in [1.807, 2.05) is 0 Å². The normalized spacial score (nSPS) is 14.6. The lowest BCUT2D eigenvalue weighted by Gasteiger charge is -2.22. The van der Waals surface area contributed by atoms with Gasteiger partial charge in [0.2, 0.25) is 0 Å². The van der Waals surface area contributed by atoms with Gasteiger partial charge in [0.15, 0.2) is 6.61 Å². The van der Waals surface area contributed by atoms with Gasteiger partial charge in [-0.05, 0) is 43.2 Å². The lowest BCUT2D eigenvalue weighted by atomic mass is 9.95. The second-order valence-electron chi connectivity index (χ2n) is 7.43. The molecule has 0 aliphatic heterocycles. The zero-order valence-corrected chi connectivity index (χ0v) is 18.8. The number of carbonyl (C=O) groups is 2. The Bertz CT molecular complexity index is 1040. The molecular weight excluding hydrogens is 440 g/mol. The molecule has 3 rings (SSSR count). The maximum Gasteiger partial charge on any atom is 0.340 e. The zero-order valence-electron chi connectivity index (χ0n) is 17.2. The molecule has 2 aromatic carbocycles. The van der Waals surface area contributed by atoms with Crippen LogP contribution in [0.25, 0.3) is 0 Å². The van der Waals surface area contributed by atoms with Gasteiger partial charge in [0.1, 0.15) is 0 Å². The van der Waals surface area contributed by atoms with E-state index < -0.39 is 22.6 Å². The summed E-state index contributed by atoms with van der Waals surface area (Å²) in [5.74, 6) is -1.24. The van der Waals surface area contributed by atoms with Gasteiger partial charge in [0.25, 0.3) is 15.9 Å². The number of amides is 1. The predicted octanol–water partition coefficient (Wildman–Crippen LogP) is 3.77. The molecule has 0 atom stereocenters. The van der Waals surface area contributed by atoms with Gasteiger partial charge in [-0.1, -0.05) is 49.1 Å². The van der Waals surface area contributed by atoms with Crippen molar-refractivity contribution >= 4 is 39.2 Å². The summed E-state index contributed by atoms with van der Waals surface area (Å²) in [6, 6.07) is 12.5. The minimum absolute atomic E-state index is 0.0407. The molecule has 0 aromatic heterocycles. The number of hydrogen-bond donors (Lipinski definition) is 1. The first-order valence-corrected chi connectivity index (χ1v) is 11.9. The minimum atomic E-state index is -3.93. The lowest BCUT2D eigenvalue weighted by molar-refractivity contribution is -0.125. The summed E-state index contributed by atoms with van der Waals surface area (Å²) >= 11 is 6.10. The Morgan fingerprint density at radius 1 is 1.10 bits per heavy atom. The molecule has 1 N–H and O–H groups in total. The third kappa shape index (κ3) is 5.77. The summed E-state index contributed by atoms with van der Waals surface area (Å²) in [7, 11) is -2.50. The fraction of sp³-hybridized carbons (Fsp3) is 0.364. The molecule has 0 saturated heterocycles. The van der Waals surface area contributed by atoms with Crippen LogP contribution in [0.1, 0.15) is 42.5 Å². The number of nitrogens with zero attached hydrogens (tertiary/aromatic N) is 1. The second-order valence-corrected chi connectivity index (χ2v) is 9.80. The first-order chi connectivity index (χ1) is 14.8. The van der Waals surface area contributed by atoms with Gasteiger partial charge in [-0.15, -0.1) is 0 Å². The summed E-state index contributed by atoms with van der Waals surface area (Å²) in [6.45, 7) is -0.452. The van der Waals surface area contributed by atoms with Crippen LogP contribution in [0.4, 0.5) is 5.69 Å². The van der Waals surface area contributed by atoms with Crippen molar-refractivity contribution in [3.05, 3.63) is 59.1 Å². The van der Waals surface area contributed by atoms with Gasteiger partial charge in [0.05, 0.1) is 21.2 Å². The Labute approximate surface area is 187 Å². The Balaban J connectivity index is 1.69. The van der Waals surface area contributed by atoms with Crippen molar-refractivity contribution in [2.75, 3.05) is 18.0 Å². The van der Waals surface area contributed by atoms with Gasteiger partial charge in [-0.2, -0.15) is 0 Å². The average molecular weight is 465 g/mol. The van der Waals surface area contributed by atoms with Crippen LogP contribution in [0, 0.1) is 0 Å². The number of halogens is 1. The van der Waals surface area contributed by atoms with Gasteiger partial charge in [0, 0.05) is 13.1 Å². The first-order valence-electron chi connectivity index (χ1n) is 10.1. The van der Waals surface area contributed by atoms with E-state index in [4.69, 9.17) is 16.3 Å². The molecule has 9 heteroatoms. The minimum Gasteiger partial charge on any atom is -0.452 e. The van der Waals surface area contributed by atoms with Crippen LogP contribution < -0.4 is 9.62 Å². The van der Waals surface area contributed by atoms with E-state index in [-0.39, 0.29) is 27.4 Å². The van der Waals surface area contributed by atoms with Crippen LogP contribution in [0.3, 0.4) is 0 Å². The number of para-hydroxylation sites is 1. The molecule has 31 heavy (non-hydrogen) atoms. The molecule has 166 valence electrons. The number of carbonyl (C=O) groups excluding carboxylic acids is 2. The summed E-state index contributed by atoms with van der Waals surface area (Å²) in [6.07, 6.45) is 5.14. The highest BCUT2D eigenvalue weighted by molar-refractivity contribution is 7.92. The maximum absolute atomic E-state index is 13.0. The van der Waals surface area contributed by atoms with Gasteiger partial charge >= 0.3 is 5.97 Å². The molecule has 1 aliphatic carbocycles. The van der Waals surface area contributed by atoms with E-state index in [0.717, 1.165) is 30.0 Å². The number of hydrogen-bond acceptors (Lipinski definition) is 5. The molecule has 7 nitrogen and oxygen atoms in total. The van der Waals surface area contributed by atoms with Crippen LogP contribution in [-0.4, -0.2) is 40.0 Å². The van der Waals surface area contributed by atoms with Crippen molar-refractivity contribution in [2.45, 2.75) is 43.0 Å². The highest BCUT2D eigenvalue weighted by atomic mass is 35.5. The number of esters is 1. The highest BCUT2D eigenvalue weighted by Gasteiger charge is 2.25. The number of benzene rings is 2. The fourth-order valence-electron chi connectivity index (χ4n) is 3.48. The average Bonchev–Trinajstić information content (AvgIpc) is 2.78. The molecule has 1 saturated carbocycles. The molecule has 0 unspecified atom stereocenters. The van der Waals surface area contributed by atoms with Crippen molar-refractivity contribution < 1.29 is 22.7 Å². The topological polar surface area (TPSA) is 92.8 Å². The van der Waals surface area contributed by atoms with Crippen molar-refractivity contribution in [2.24, 2.45) is 0 Å². The molecule has 1 amide bonds. The largest absolute Gasteiger partial charge is 0.452 e. The molecule has 1 aliphatic rings. The summed E-state index contributed by atoms with van der Waals surface area (Å²) in [5.41, 5.74) is 0.357. The third-order valence-corrected chi connectivity index (χ3v) is 7.35. The summed E-state index contributed by atoms with van der Waals surface area (Å²) in [4.78, 5) is 24.5. The van der Waals surface area contributed by atoms with Crippen LogP contribution >= 0.6 is 11.6 Å². The summed E-state index contributed by atoms with van der Waals surface area (Å²) < 4.78 is 32.1. The number of nitrogens with one attached hydrogen (secondary N) is 1. The molecule has 0 spiro atoms. The Kier molecular flexibility index (Phi) is 7.56. The predicted molar refractivity (Wildman–Crippen MR) is 119 cm³/mol. The fourth-order valence-corrected chi connectivity index (χ4v) is 4.90. The number of sulfonamides is 1. The van der Waals surface area contributed by atoms with Crippen molar-refractivity contribution in [3.8, 4) is 0 Å². The molecule has 2 aromatic rings. The van der Waals surface area contributed by atoms with Gasteiger partial charge in [-0.3, -0.25) is 9.10 Å². The number of rotatable bonds is 7. The molecule has 1 fully saturated rings. The third-order valence-electron chi connectivity index (χ3n) is 5.24. The van der Waals surface area contributed by atoms with Gasteiger partial charge < -0.3 is 10.1 Å². The Morgan fingerprint density at radius 2 is 1.77 bits per heavy atom. The molecular formula is C22H25ClN2O5S. The van der Waals surface area contributed by atoms with Crippen molar-refractivity contribution in [3.63, 3.8) is 0 Å². The van der Waals surface area contributed by atoms with E-state index >= 15 is 0 Å². The van der Waals surface area contributed by atoms with Crippen molar-refractivity contribution in [1.82, 2.24) is 5.32 Å². The smallest absolute Gasteiger partial charge is 0.340 e. The second kappa shape index (κ2) is 10.2. The van der Waals surface area contributed by atoms with Crippen LogP contribution in [0.15, 0.2) is 53.4 Å². The standard InChI is InChI=1S/C22H25ClN2O5S/c1-25(17-10-6-3-7-11-17)31(28,29)18-12-13-20(23)19(14-18)22(27)30-15-21(26)24-16-8-4-2-5-9-16/h3,6-7,10-14,16H,2,4-5,8-9,15H2,1H3,(H,24,26). The number of anilines is 1. The van der Waals surface area contributed by atoms with E-state index in [1.165, 1.54) is 31.7 Å². The number of ether oxygens (including phenoxy) is 1. The maximum atomic E-state index is 13.0. The monoisotopic (exact) mass is 464 g/mol. The van der Waals surface area contributed by atoms with E-state index in [9.17, 15) is 18.0 Å². The Morgan fingerprint density at radius 3 is 2.45 bits per heavy atom. The zero-order chi connectivity index (χ0) is 22.4. The van der Waals surface area contributed by atoms with E-state index in [1.54, 1.807) is 30.3 Å². The van der Waals surface area contributed by atoms with Gasteiger partial charge in [-0.25, -0.2) is 13.2 Å². The lowest BCUT2D eigenvalue weighted by Crippen LogP contribution is -2.38. The SMILES string of the molecule is CN(c1ccccc1)S(=O)(=O)c1ccc(Cl)c(C(=O)OCC(=O)NC2CCCCC2)c1. The summed E-state index contributed by atoms with van der Waals surface area (Å²) in [5, 5.41) is 2.90. The molecule has 0 bridgehead atoms. The van der Waals surface area contributed by atoms with Crippen LogP contribution in [-0.2, 0) is 19.6 Å². The first kappa shape index (κ1) is 23.1. The van der Waals surface area contributed by atoms with E-state index in [0.29, 0.717) is 5.69 Å². The highest BCUT2D eigenvalue weighted by Crippen LogP contribution is 2.26.